The summed E-state index contributed by atoms with van der Waals surface area (Å²) in [5, 5.41) is 2.07. The SMILES string of the molecule is CCCCCCCCCCCCCN(N)CCCCCCCCCCCCC. The van der Waals surface area contributed by atoms with Crippen molar-refractivity contribution in [2.24, 2.45) is 5.84 Å². The number of nitrogens with two attached hydrogens (primary N) is 1. The number of hydrogen-bond donors (Lipinski definition) is 1. The Hall–Kier alpha value is -0.0800. The van der Waals surface area contributed by atoms with Crippen LogP contribution in [0.4, 0.5) is 0 Å². The van der Waals surface area contributed by atoms with Crippen LogP contribution in [0.15, 0.2) is 0 Å². The van der Waals surface area contributed by atoms with Gasteiger partial charge in [0.1, 0.15) is 0 Å². The van der Waals surface area contributed by atoms with E-state index in [1.165, 1.54) is 141 Å². The minimum absolute atomic E-state index is 1.09. The summed E-state index contributed by atoms with van der Waals surface area (Å²) in [4.78, 5) is 0. The standard InChI is InChI=1S/C26H56N2/c1-3-5-7-9-11-13-15-17-19-21-23-25-28(27)26-24-22-20-18-16-14-12-10-8-6-4-2/h3-27H2,1-2H3. The molecule has 2 heteroatoms. The number of rotatable bonds is 24. The highest BCUT2D eigenvalue weighted by molar-refractivity contribution is 4.54. The summed E-state index contributed by atoms with van der Waals surface area (Å²) in [6.07, 6.45) is 31.0. The second-order valence-electron chi connectivity index (χ2n) is 9.11. The first-order valence-electron chi connectivity index (χ1n) is 13.3. The summed E-state index contributed by atoms with van der Waals surface area (Å²) in [5.74, 6) is 6.15. The van der Waals surface area contributed by atoms with Crippen LogP contribution < -0.4 is 5.84 Å². The van der Waals surface area contributed by atoms with Crippen molar-refractivity contribution in [2.45, 2.75) is 155 Å². The van der Waals surface area contributed by atoms with E-state index < -0.39 is 0 Å². The maximum atomic E-state index is 6.15. The predicted molar refractivity (Wildman–Crippen MR) is 129 cm³/mol. The van der Waals surface area contributed by atoms with Crippen LogP contribution in [-0.4, -0.2) is 18.1 Å². The summed E-state index contributed by atoms with van der Waals surface area (Å²) in [5.41, 5.74) is 0. The molecular weight excluding hydrogens is 340 g/mol. The Morgan fingerprint density at radius 2 is 0.571 bits per heavy atom. The smallest absolute Gasteiger partial charge is 0.0128 e. The molecule has 0 rings (SSSR count). The van der Waals surface area contributed by atoms with Crippen molar-refractivity contribution in [3.63, 3.8) is 0 Å². The zero-order valence-electron chi connectivity index (χ0n) is 20.0. The summed E-state index contributed by atoms with van der Waals surface area (Å²) in [6, 6.07) is 0. The van der Waals surface area contributed by atoms with Crippen LogP contribution in [0.5, 0.6) is 0 Å². The molecule has 0 atom stereocenters. The Kier molecular flexibility index (Phi) is 24.9. The minimum Gasteiger partial charge on any atom is -0.269 e. The van der Waals surface area contributed by atoms with Crippen molar-refractivity contribution in [2.75, 3.05) is 13.1 Å². The first-order chi connectivity index (χ1) is 13.8. The fraction of sp³-hybridized carbons (Fsp3) is 1.00. The summed E-state index contributed by atoms with van der Waals surface area (Å²) in [7, 11) is 0. The van der Waals surface area contributed by atoms with Gasteiger partial charge in [0, 0.05) is 13.1 Å². The molecule has 0 radical (unpaired) electrons. The Bertz CT molecular complexity index is 241. The van der Waals surface area contributed by atoms with E-state index in [0.29, 0.717) is 0 Å². The molecule has 0 aliphatic heterocycles. The van der Waals surface area contributed by atoms with Crippen molar-refractivity contribution in [1.29, 1.82) is 0 Å². The molecule has 0 aliphatic rings. The van der Waals surface area contributed by atoms with Gasteiger partial charge in [-0.2, -0.15) is 0 Å². The van der Waals surface area contributed by atoms with E-state index in [-0.39, 0.29) is 0 Å². The van der Waals surface area contributed by atoms with E-state index >= 15 is 0 Å². The van der Waals surface area contributed by atoms with Crippen molar-refractivity contribution < 1.29 is 0 Å². The maximum Gasteiger partial charge on any atom is 0.0128 e. The van der Waals surface area contributed by atoms with E-state index in [2.05, 4.69) is 18.9 Å². The molecule has 0 aliphatic carbocycles. The lowest BCUT2D eigenvalue weighted by Crippen LogP contribution is -2.32. The molecule has 0 saturated heterocycles. The Labute approximate surface area is 179 Å². The van der Waals surface area contributed by atoms with Crippen LogP contribution in [0.3, 0.4) is 0 Å². The van der Waals surface area contributed by atoms with Gasteiger partial charge in [0.05, 0.1) is 0 Å². The number of hydrogen-bond acceptors (Lipinski definition) is 2. The Morgan fingerprint density at radius 1 is 0.357 bits per heavy atom. The lowest BCUT2D eigenvalue weighted by molar-refractivity contribution is 0.268. The largest absolute Gasteiger partial charge is 0.269 e. The molecule has 2 nitrogen and oxygen atoms in total. The normalized spacial score (nSPS) is 11.6. The fourth-order valence-corrected chi connectivity index (χ4v) is 4.07. The molecule has 0 saturated carbocycles. The molecule has 2 N–H and O–H groups in total. The third-order valence-electron chi connectivity index (χ3n) is 6.10. The lowest BCUT2D eigenvalue weighted by Gasteiger charge is -2.16. The van der Waals surface area contributed by atoms with E-state index in [9.17, 15) is 0 Å². The van der Waals surface area contributed by atoms with Crippen LogP contribution >= 0.6 is 0 Å². The average Bonchev–Trinajstić information content (AvgIpc) is 2.70. The molecule has 0 aromatic carbocycles. The van der Waals surface area contributed by atoms with Gasteiger partial charge in [-0.25, -0.2) is 5.01 Å². The third-order valence-corrected chi connectivity index (χ3v) is 6.10. The van der Waals surface area contributed by atoms with Crippen molar-refractivity contribution in [3.05, 3.63) is 0 Å². The Morgan fingerprint density at radius 3 is 0.821 bits per heavy atom. The summed E-state index contributed by atoms with van der Waals surface area (Å²) in [6.45, 7) is 6.77. The zero-order valence-corrected chi connectivity index (χ0v) is 20.0. The number of unbranched alkanes of at least 4 members (excludes halogenated alkanes) is 20. The number of nitrogens with zero attached hydrogens (tertiary/aromatic N) is 1. The number of hydrazine groups is 1. The van der Waals surface area contributed by atoms with Gasteiger partial charge in [-0.1, -0.05) is 142 Å². The average molecular weight is 397 g/mol. The first-order valence-corrected chi connectivity index (χ1v) is 13.3. The minimum atomic E-state index is 1.09. The van der Waals surface area contributed by atoms with Crippen molar-refractivity contribution in [3.8, 4) is 0 Å². The topological polar surface area (TPSA) is 29.3 Å². The van der Waals surface area contributed by atoms with Gasteiger partial charge in [0.2, 0.25) is 0 Å². The van der Waals surface area contributed by atoms with E-state index in [1.807, 2.05) is 0 Å². The molecule has 0 amide bonds. The molecule has 0 spiro atoms. The molecule has 0 fully saturated rings. The van der Waals surface area contributed by atoms with E-state index in [4.69, 9.17) is 5.84 Å². The molecule has 0 heterocycles. The lowest BCUT2D eigenvalue weighted by atomic mass is 10.1. The second-order valence-corrected chi connectivity index (χ2v) is 9.11. The van der Waals surface area contributed by atoms with Crippen LogP contribution in [-0.2, 0) is 0 Å². The van der Waals surface area contributed by atoms with Crippen LogP contribution in [0.1, 0.15) is 155 Å². The van der Waals surface area contributed by atoms with E-state index in [1.54, 1.807) is 0 Å². The maximum absolute atomic E-state index is 6.15. The molecule has 170 valence electrons. The highest BCUT2D eigenvalue weighted by Crippen LogP contribution is 2.12. The fourth-order valence-electron chi connectivity index (χ4n) is 4.07. The van der Waals surface area contributed by atoms with Gasteiger partial charge in [0.25, 0.3) is 0 Å². The van der Waals surface area contributed by atoms with Gasteiger partial charge >= 0.3 is 0 Å². The highest BCUT2D eigenvalue weighted by Gasteiger charge is 2.00. The molecule has 28 heavy (non-hydrogen) atoms. The highest BCUT2D eigenvalue weighted by atomic mass is 15.4. The van der Waals surface area contributed by atoms with Crippen LogP contribution in [0, 0.1) is 0 Å². The van der Waals surface area contributed by atoms with Gasteiger partial charge in [-0.05, 0) is 12.8 Å². The zero-order chi connectivity index (χ0) is 20.5. The molecule has 0 aromatic rings. The first kappa shape index (κ1) is 27.9. The quantitative estimate of drug-likeness (QED) is 0.100. The molecule has 0 aromatic heterocycles. The molecule has 0 bridgehead atoms. The van der Waals surface area contributed by atoms with E-state index in [0.717, 1.165) is 13.1 Å². The van der Waals surface area contributed by atoms with Gasteiger partial charge < -0.3 is 0 Å². The monoisotopic (exact) mass is 396 g/mol. The van der Waals surface area contributed by atoms with Gasteiger partial charge in [-0.15, -0.1) is 0 Å². The third kappa shape index (κ3) is 24.0. The van der Waals surface area contributed by atoms with Gasteiger partial charge in [0.15, 0.2) is 0 Å². The molecule has 0 unspecified atom stereocenters. The summed E-state index contributed by atoms with van der Waals surface area (Å²) >= 11 is 0. The molecular formula is C26H56N2. The van der Waals surface area contributed by atoms with Crippen LogP contribution in [0.25, 0.3) is 0 Å². The van der Waals surface area contributed by atoms with Crippen LogP contribution in [0.2, 0.25) is 0 Å². The predicted octanol–water partition coefficient (Wildman–Crippen LogP) is 8.78. The van der Waals surface area contributed by atoms with Crippen molar-refractivity contribution in [1.82, 2.24) is 5.01 Å². The van der Waals surface area contributed by atoms with Gasteiger partial charge in [-0.3, -0.25) is 5.84 Å². The Balaban J connectivity index is 3.12. The summed E-state index contributed by atoms with van der Waals surface area (Å²) < 4.78 is 0. The second kappa shape index (κ2) is 25.0. The van der Waals surface area contributed by atoms with Crippen molar-refractivity contribution >= 4 is 0 Å².